The van der Waals surface area contributed by atoms with Gasteiger partial charge < -0.3 is 15.5 Å². The van der Waals surface area contributed by atoms with Gasteiger partial charge in [-0.1, -0.05) is 17.8 Å². The van der Waals surface area contributed by atoms with Crippen molar-refractivity contribution in [3.8, 4) is 0 Å². The van der Waals surface area contributed by atoms with Crippen LogP contribution >= 0.6 is 11.3 Å². The fraction of sp³-hybridized carbons (Fsp3) is 0.478. The van der Waals surface area contributed by atoms with Gasteiger partial charge in [-0.15, -0.1) is 0 Å². The maximum Gasteiger partial charge on any atom is 0.219 e. The lowest BCUT2D eigenvalue weighted by Crippen LogP contribution is -2.30. The fourth-order valence-corrected chi connectivity index (χ4v) is 5.31. The molecular weight excluding hydrogens is 422 g/mol. The molecule has 2 saturated heterocycles. The summed E-state index contributed by atoms with van der Waals surface area (Å²) in [5.74, 6) is 1.76. The number of amides is 1. The number of nitrogens with one attached hydrogen (secondary N) is 2. The molecule has 0 bridgehead atoms. The molecule has 1 amide bonds. The first-order valence-corrected chi connectivity index (χ1v) is 12.2. The second kappa shape index (κ2) is 9.38. The molecule has 2 aliphatic rings. The molecule has 0 radical (unpaired) electrons. The highest BCUT2D eigenvalue weighted by atomic mass is 32.1. The van der Waals surface area contributed by atoms with E-state index in [9.17, 15) is 4.79 Å². The van der Waals surface area contributed by atoms with Gasteiger partial charge in [0.2, 0.25) is 5.91 Å². The Kier molecular flexibility index (Phi) is 6.18. The average Bonchev–Trinajstić information content (AvgIpc) is 3.41. The van der Waals surface area contributed by atoms with Crippen LogP contribution in [0.25, 0.3) is 10.3 Å². The number of carbonyl (C=O) groups excluding carboxylic acids is 1. The number of thiazole rings is 1. The maximum atomic E-state index is 11.7. The van der Waals surface area contributed by atoms with E-state index in [0.717, 1.165) is 66.3 Å². The van der Waals surface area contributed by atoms with E-state index in [0.29, 0.717) is 0 Å². The number of fused-ring (bicyclic) bond motifs is 1. The van der Waals surface area contributed by atoms with Gasteiger partial charge in [0.1, 0.15) is 22.0 Å². The predicted molar refractivity (Wildman–Crippen MR) is 128 cm³/mol. The van der Waals surface area contributed by atoms with Crippen molar-refractivity contribution in [2.75, 3.05) is 36.8 Å². The Bertz CT molecular complexity index is 1060. The Balaban J connectivity index is 1.37. The van der Waals surface area contributed by atoms with E-state index in [1.807, 2.05) is 17.0 Å². The topological polar surface area (TPSA) is 86.3 Å². The van der Waals surface area contributed by atoms with E-state index in [1.165, 1.54) is 36.2 Å². The maximum absolute atomic E-state index is 11.7. The minimum atomic E-state index is 0.132. The quantitative estimate of drug-likeness (QED) is 0.589. The van der Waals surface area contributed by atoms with Crippen LogP contribution in [-0.4, -0.2) is 62.9 Å². The summed E-state index contributed by atoms with van der Waals surface area (Å²) in [5, 5.41) is 7.75. The molecule has 0 aliphatic carbocycles. The van der Waals surface area contributed by atoms with Crippen LogP contribution in [0.1, 0.15) is 38.2 Å². The second-order valence-corrected chi connectivity index (χ2v) is 9.63. The Morgan fingerprint density at radius 2 is 2.00 bits per heavy atom. The number of aromatic nitrogens is 3. The fourth-order valence-electron chi connectivity index (χ4n) is 4.50. The van der Waals surface area contributed by atoms with Gasteiger partial charge in [-0.05, 0) is 62.2 Å². The van der Waals surface area contributed by atoms with E-state index < -0.39 is 0 Å². The molecule has 32 heavy (non-hydrogen) atoms. The summed E-state index contributed by atoms with van der Waals surface area (Å²) < 4.78 is 0. The van der Waals surface area contributed by atoms with Crippen LogP contribution < -0.4 is 10.6 Å². The Morgan fingerprint density at radius 1 is 1.16 bits per heavy atom. The third kappa shape index (κ3) is 4.99. The van der Waals surface area contributed by atoms with Crippen LogP contribution in [0.2, 0.25) is 0 Å². The Morgan fingerprint density at radius 3 is 2.78 bits per heavy atom. The van der Waals surface area contributed by atoms with E-state index in [1.54, 1.807) is 13.1 Å². The van der Waals surface area contributed by atoms with Gasteiger partial charge in [0, 0.05) is 38.8 Å². The molecule has 0 spiro atoms. The molecule has 1 unspecified atom stereocenters. The first-order valence-electron chi connectivity index (χ1n) is 11.4. The molecule has 0 saturated carbocycles. The van der Waals surface area contributed by atoms with Gasteiger partial charge in [0.15, 0.2) is 5.13 Å². The van der Waals surface area contributed by atoms with Crippen molar-refractivity contribution in [3.63, 3.8) is 0 Å². The molecule has 5 rings (SSSR count). The van der Waals surface area contributed by atoms with Crippen LogP contribution in [0, 0.1) is 0 Å². The van der Waals surface area contributed by atoms with E-state index >= 15 is 0 Å². The Hall–Kier alpha value is -2.78. The second-order valence-electron chi connectivity index (χ2n) is 8.65. The summed E-state index contributed by atoms with van der Waals surface area (Å²) in [6.45, 7) is 6.36. The zero-order valence-corrected chi connectivity index (χ0v) is 19.2. The van der Waals surface area contributed by atoms with E-state index in [4.69, 9.17) is 4.98 Å². The standard InChI is InChI=1S/C23H29N7OS/c1-16(31)30-11-7-18(15-30)25-20-12-17(14-29-9-3-2-4-10-29)13-21(27-20)28-23-26-19-6-5-8-24-22(19)32-23/h5-6,8,12-13,18H,2-4,7,9-11,14-15H2,1H3,(H2,25,26,27,28). The lowest BCUT2D eigenvalue weighted by molar-refractivity contribution is -0.127. The number of anilines is 3. The van der Waals surface area contributed by atoms with Crippen molar-refractivity contribution in [2.24, 2.45) is 0 Å². The number of nitrogens with zero attached hydrogens (tertiary/aromatic N) is 5. The smallest absolute Gasteiger partial charge is 0.219 e. The number of piperidine rings is 1. The number of likely N-dealkylation sites (tertiary alicyclic amines) is 2. The van der Waals surface area contributed by atoms with Gasteiger partial charge in [0.25, 0.3) is 0 Å². The van der Waals surface area contributed by atoms with Gasteiger partial charge in [-0.3, -0.25) is 9.69 Å². The number of hydrogen-bond acceptors (Lipinski definition) is 8. The van der Waals surface area contributed by atoms with Crippen molar-refractivity contribution in [1.82, 2.24) is 24.8 Å². The van der Waals surface area contributed by atoms with Crippen molar-refractivity contribution < 1.29 is 4.79 Å². The van der Waals surface area contributed by atoms with Crippen molar-refractivity contribution >= 4 is 44.4 Å². The molecule has 2 N–H and O–H groups in total. The molecule has 1 atom stereocenters. The Labute approximate surface area is 192 Å². The summed E-state index contributed by atoms with van der Waals surface area (Å²) in [6, 6.07) is 8.36. The molecule has 8 nitrogen and oxygen atoms in total. The first-order chi connectivity index (χ1) is 15.6. The minimum Gasteiger partial charge on any atom is -0.365 e. The molecule has 3 aromatic rings. The summed E-state index contributed by atoms with van der Waals surface area (Å²) in [7, 11) is 0. The van der Waals surface area contributed by atoms with Crippen LogP contribution in [0.5, 0.6) is 0 Å². The first kappa shape index (κ1) is 21.1. The zero-order chi connectivity index (χ0) is 21.9. The normalized spacial score (nSPS) is 19.4. The summed E-state index contributed by atoms with van der Waals surface area (Å²) in [5.41, 5.74) is 2.12. The van der Waals surface area contributed by atoms with E-state index in [-0.39, 0.29) is 11.9 Å². The van der Waals surface area contributed by atoms with Gasteiger partial charge in [0.05, 0.1) is 0 Å². The highest BCUT2D eigenvalue weighted by Gasteiger charge is 2.24. The average molecular weight is 452 g/mol. The van der Waals surface area contributed by atoms with Crippen LogP contribution in [-0.2, 0) is 11.3 Å². The van der Waals surface area contributed by atoms with Crippen LogP contribution in [0.4, 0.5) is 16.8 Å². The number of rotatable bonds is 6. The summed E-state index contributed by atoms with van der Waals surface area (Å²) >= 11 is 1.53. The lowest BCUT2D eigenvalue weighted by Gasteiger charge is -2.27. The third-order valence-electron chi connectivity index (χ3n) is 6.13. The van der Waals surface area contributed by atoms with Crippen molar-refractivity contribution in [2.45, 2.75) is 45.2 Å². The zero-order valence-electron chi connectivity index (χ0n) is 18.4. The molecule has 3 aromatic heterocycles. The van der Waals surface area contributed by atoms with Crippen molar-refractivity contribution in [3.05, 3.63) is 36.0 Å². The van der Waals surface area contributed by atoms with Crippen LogP contribution in [0.15, 0.2) is 30.5 Å². The number of hydrogen-bond donors (Lipinski definition) is 2. The van der Waals surface area contributed by atoms with E-state index in [2.05, 4.69) is 37.6 Å². The molecular formula is C23H29N7OS. The molecule has 5 heterocycles. The van der Waals surface area contributed by atoms with Crippen molar-refractivity contribution in [1.29, 1.82) is 0 Å². The third-order valence-corrected chi connectivity index (χ3v) is 7.02. The monoisotopic (exact) mass is 451 g/mol. The van der Waals surface area contributed by atoms with Gasteiger partial charge >= 0.3 is 0 Å². The summed E-state index contributed by atoms with van der Waals surface area (Å²) in [4.78, 5) is 30.9. The number of carbonyl (C=O) groups is 1. The largest absolute Gasteiger partial charge is 0.365 e. The predicted octanol–water partition coefficient (Wildman–Crippen LogP) is 3.85. The summed E-state index contributed by atoms with van der Waals surface area (Å²) in [6.07, 6.45) is 6.58. The van der Waals surface area contributed by atoms with Gasteiger partial charge in [-0.25, -0.2) is 15.0 Å². The lowest BCUT2D eigenvalue weighted by atomic mass is 10.1. The molecule has 2 aliphatic heterocycles. The highest BCUT2D eigenvalue weighted by Crippen LogP contribution is 2.28. The van der Waals surface area contributed by atoms with Gasteiger partial charge in [-0.2, -0.15) is 0 Å². The number of pyridine rings is 2. The molecule has 2 fully saturated rings. The molecule has 9 heteroatoms. The minimum absolute atomic E-state index is 0.132. The molecule has 0 aromatic carbocycles. The SMILES string of the molecule is CC(=O)N1CCC(Nc2cc(CN3CCCCC3)cc(Nc3nc4cccnc4s3)n2)C1. The molecule has 168 valence electrons. The van der Waals surface area contributed by atoms with Crippen LogP contribution in [0.3, 0.4) is 0 Å². The highest BCUT2D eigenvalue weighted by molar-refractivity contribution is 7.21.